The van der Waals surface area contributed by atoms with Crippen molar-refractivity contribution < 1.29 is 9.90 Å². The molecule has 2 atom stereocenters. The summed E-state index contributed by atoms with van der Waals surface area (Å²) in [5.74, 6) is 0.0299. The molecule has 2 unspecified atom stereocenters. The Morgan fingerprint density at radius 3 is 2.67 bits per heavy atom. The molecule has 24 heavy (non-hydrogen) atoms. The van der Waals surface area contributed by atoms with Gasteiger partial charge in [0.25, 0.3) is 5.56 Å². The van der Waals surface area contributed by atoms with Crippen LogP contribution in [0.5, 0.6) is 0 Å². The maximum Gasteiger partial charge on any atom is 0.325 e. The number of H-pyrrole nitrogens is 2. The van der Waals surface area contributed by atoms with Crippen LogP contribution in [0.1, 0.15) is 30.5 Å². The van der Waals surface area contributed by atoms with E-state index < -0.39 is 11.2 Å². The molecule has 0 aromatic carbocycles. The van der Waals surface area contributed by atoms with Gasteiger partial charge >= 0.3 is 5.69 Å². The van der Waals surface area contributed by atoms with Gasteiger partial charge in [-0.2, -0.15) is 0 Å². The molecule has 132 valence electrons. The van der Waals surface area contributed by atoms with Crippen molar-refractivity contribution in [2.45, 2.75) is 44.8 Å². The topological polar surface area (TPSA) is 109 Å². The lowest BCUT2D eigenvalue weighted by atomic mass is 10.1. The normalized spacial score (nSPS) is 24.7. The van der Waals surface area contributed by atoms with Gasteiger partial charge in [0.05, 0.1) is 6.10 Å². The summed E-state index contributed by atoms with van der Waals surface area (Å²) in [4.78, 5) is 44.3. The minimum absolute atomic E-state index is 0.0299. The molecular formula is C16H24N4O4. The highest BCUT2D eigenvalue weighted by molar-refractivity contribution is 5.76. The van der Waals surface area contributed by atoms with Crippen molar-refractivity contribution in [2.75, 3.05) is 26.2 Å². The van der Waals surface area contributed by atoms with Gasteiger partial charge in [0.2, 0.25) is 5.91 Å². The first kappa shape index (κ1) is 16.9. The van der Waals surface area contributed by atoms with E-state index in [1.54, 1.807) is 6.92 Å². The number of aliphatic hydroxyl groups is 1. The Hall–Kier alpha value is -1.93. The van der Waals surface area contributed by atoms with Crippen molar-refractivity contribution in [2.24, 2.45) is 0 Å². The monoisotopic (exact) mass is 336 g/mol. The first-order valence-electron chi connectivity index (χ1n) is 8.46. The minimum atomic E-state index is -0.525. The SMILES string of the molecule is Cc1[nH]c(=O)[nH]c(=O)c1CCC(=O)N1CCC(N2CCC(O)C2)C1. The number of carbonyl (C=O) groups excluding carboxylic acids is 1. The van der Waals surface area contributed by atoms with Gasteiger partial charge in [0, 0.05) is 49.9 Å². The number of hydrogen-bond donors (Lipinski definition) is 3. The fourth-order valence-corrected chi connectivity index (χ4v) is 3.68. The van der Waals surface area contributed by atoms with Gasteiger partial charge in [0.1, 0.15) is 0 Å². The molecule has 1 aromatic rings. The molecule has 0 saturated carbocycles. The van der Waals surface area contributed by atoms with Gasteiger partial charge in [0.15, 0.2) is 0 Å². The van der Waals surface area contributed by atoms with Gasteiger partial charge in [-0.1, -0.05) is 0 Å². The van der Waals surface area contributed by atoms with Crippen LogP contribution in [-0.4, -0.2) is 69.1 Å². The third-order valence-electron chi connectivity index (χ3n) is 5.07. The van der Waals surface area contributed by atoms with E-state index in [2.05, 4.69) is 14.9 Å². The van der Waals surface area contributed by atoms with Gasteiger partial charge < -0.3 is 15.0 Å². The van der Waals surface area contributed by atoms with Gasteiger partial charge in [-0.25, -0.2) is 4.79 Å². The maximum absolute atomic E-state index is 12.4. The van der Waals surface area contributed by atoms with Crippen molar-refractivity contribution in [1.29, 1.82) is 0 Å². The summed E-state index contributed by atoms with van der Waals surface area (Å²) in [5, 5.41) is 9.64. The quantitative estimate of drug-likeness (QED) is 0.651. The number of nitrogens with zero attached hydrogens (tertiary/aromatic N) is 2. The predicted molar refractivity (Wildman–Crippen MR) is 87.9 cm³/mol. The Morgan fingerprint density at radius 1 is 1.21 bits per heavy atom. The van der Waals surface area contributed by atoms with Crippen LogP contribution < -0.4 is 11.2 Å². The molecule has 2 aliphatic rings. The first-order chi connectivity index (χ1) is 11.4. The second-order valence-corrected chi connectivity index (χ2v) is 6.73. The van der Waals surface area contributed by atoms with Gasteiger partial charge in [-0.05, 0) is 26.2 Å². The van der Waals surface area contributed by atoms with Crippen LogP contribution in [0.2, 0.25) is 0 Å². The number of aryl methyl sites for hydroxylation is 1. The van der Waals surface area contributed by atoms with Crippen molar-refractivity contribution in [3.63, 3.8) is 0 Å². The Bertz CT molecular complexity index is 726. The fourth-order valence-electron chi connectivity index (χ4n) is 3.68. The van der Waals surface area contributed by atoms with Crippen LogP contribution in [-0.2, 0) is 11.2 Å². The van der Waals surface area contributed by atoms with E-state index in [4.69, 9.17) is 0 Å². The number of carbonyl (C=O) groups is 1. The molecule has 8 nitrogen and oxygen atoms in total. The molecule has 1 amide bonds. The Balaban J connectivity index is 1.55. The average Bonchev–Trinajstić information content (AvgIpc) is 3.14. The standard InChI is InChI=1S/C16H24N4O4/c1-10-13(15(23)18-16(24)17-10)2-3-14(22)20-6-4-11(8-20)19-7-5-12(21)9-19/h11-12,21H,2-9H2,1H3,(H2,17,18,23,24). The summed E-state index contributed by atoms with van der Waals surface area (Å²) in [6, 6.07) is 0.323. The fraction of sp³-hybridized carbons (Fsp3) is 0.688. The zero-order chi connectivity index (χ0) is 17.3. The molecule has 0 radical (unpaired) electrons. The number of hydrogen-bond acceptors (Lipinski definition) is 5. The third-order valence-corrected chi connectivity index (χ3v) is 5.07. The van der Waals surface area contributed by atoms with Crippen LogP contribution in [0.3, 0.4) is 0 Å². The summed E-state index contributed by atoms with van der Waals surface area (Å²) in [7, 11) is 0. The minimum Gasteiger partial charge on any atom is -0.392 e. The van der Waals surface area contributed by atoms with Gasteiger partial charge in [-0.3, -0.25) is 19.5 Å². The van der Waals surface area contributed by atoms with E-state index in [0.717, 1.165) is 25.9 Å². The van der Waals surface area contributed by atoms with Crippen molar-refractivity contribution >= 4 is 5.91 Å². The summed E-state index contributed by atoms with van der Waals surface area (Å²) < 4.78 is 0. The maximum atomic E-state index is 12.4. The number of aliphatic hydroxyl groups excluding tert-OH is 1. The van der Waals surface area contributed by atoms with E-state index in [1.165, 1.54) is 0 Å². The zero-order valence-electron chi connectivity index (χ0n) is 13.9. The molecular weight excluding hydrogens is 312 g/mol. The number of β-amino-alcohol motifs (C(OH)–C–C–N with tert-alkyl or cyclic N) is 1. The second-order valence-electron chi connectivity index (χ2n) is 6.73. The third kappa shape index (κ3) is 3.59. The molecule has 1 aromatic heterocycles. The van der Waals surface area contributed by atoms with Crippen molar-refractivity contribution in [1.82, 2.24) is 19.8 Å². The highest BCUT2D eigenvalue weighted by atomic mass is 16.3. The first-order valence-corrected chi connectivity index (χ1v) is 8.46. The largest absolute Gasteiger partial charge is 0.392 e. The molecule has 3 rings (SSSR count). The molecule has 2 aliphatic heterocycles. The van der Waals surface area contributed by atoms with E-state index in [-0.39, 0.29) is 18.4 Å². The zero-order valence-corrected chi connectivity index (χ0v) is 13.9. The van der Waals surface area contributed by atoms with E-state index >= 15 is 0 Å². The summed E-state index contributed by atoms with van der Waals surface area (Å²) in [5.41, 5.74) is 0.0282. The number of likely N-dealkylation sites (tertiary alicyclic amines) is 2. The molecule has 2 fully saturated rings. The highest BCUT2D eigenvalue weighted by Gasteiger charge is 2.33. The molecule has 3 N–H and O–H groups in total. The lowest BCUT2D eigenvalue weighted by Gasteiger charge is -2.23. The lowest BCUT2D eigenvalue weighted by molar-refractivity contribution is -0.130. The van der Waals surface area contributed by atoms with Crippen LogP contribution in [0.25, 0.3) is 0 Å². The number of aromatic nitrogens is 2. The lowest BCUT2D eigenvalue weighted by Crippen LogP contribution is -2.38. The van der Waals surface area contributed by atoms with Crippen LogP contribution in [0.15, 0.2) is 9.59 Å². The molecule has 8 heteroatoms. The number of amides is 1. The van der Waals surface area contributed by atoms with E-state index in [0.29, 0.717) is 36.8 Å². The smallest absolute Gasteiger partial charge is 0.325 e. The highest BCUT2D eigenvalue weighted by Crippen LogP contribution is 2.21. The van der Waals surface area contributed by atoms with E-state index in [9.17, 15) is 19.5 Å². The number of nitrogens with one attached hydrogen (secondary N) is 2. The molecule has 2 saturated heterocycles. The Morgan fingerprint density at radius 2 is 2.00 bits per heavy atom. The molecule has 0 spiro atoms. The van der Waals surface area contributed by atoms with Crippen molar-refractivity contribution in [3.05, 3.63) is 32.1 Å². The van der Waals surface area contributed by atoms with E-state index in [1.807, 2.05) is 4.90 Å². The van der Waals surface area contributed by atoms with Crippen LogP contribution >= 0.6 is 0 Å². The summed E-state index contributed by atoms with van der Waals surface area (Å²) >= 11 is 0. The Labute approximate surface area is 139 Å². The second kappa shape index (κ2) is 6.90. The number of aromatic amines is 2. The molecule has 3 heterocycles. The van der Waals surface area contributed by atoms with Crippen molar-refractivity contribution in [3.8, 4) is 0 Å². The summed E-state index contributed by atoms with van der Waals surface area (Å²) in [6.45, 7) is 4.66. The van der Waals surface area contributed by atoms with Gasteiger partial charge in [-0.15, -0.1) is 0 Å². The van der Waals surface area contributed by atoms with Crippen LogP contribution in [0.4, 0.5) is 0 Å². The predicted octanol–water partition coefficient (Wildman–Crippen LogP) is -1.03. The molecule has 0 bridgehead atoms. The summed E-state index contributed by atoms with van der Waals surface area (Å²) in [6.07, 6.45) is 2.06. The van der Waals surface area contributed by atoms with Crippen LogP contribution in [0, 0.1) is 6.92 Å². The molecule has 0 aliphatic carbocycles. The Kier molecular flexibility index (Phi) is 4.86. The number of rotatable bonds is 4. The average molecular weight is 336 g/mol.